The molecule has 5 nitrogen and oxygen atoms in total. The highest BCUT2D eigenvalue weighted by atomic mass is 16.5. The first kappa shape index (κ1) is 17.6. The molecule has 1 aromatic carbocycles. The molecule has 1 aliphatic rings. The van der Waals surface area contributed by atoms with Crippen molar-refractivity contribution >= 4 is 6.03 Å². The molecule has 2 amide bonds. The molecule has 0 heterocycles. The summed E-state index contributed by atoms with van der Waals surface area (Å²) >= 11 is 0. The van der Waals surface area contributed by atoms with Gasteiger partial charge in [0.1, 0.15) is 5.75 Å². The number of nitrogens with one attached hydrogen (secondary N) is 2. The molecule has 3 unspecified atom stereocenters. The second kappa shape index (κ2) is 8.20. The molecule has 2 rings (SSSR count). The van der Waals surface area contributed by atoms with Crippen molar-refractivity contribution in [1.82, 2.24) is 10.6 Å². The number of ether oxygens (including phenoxy) is 1. The maximum absolute atomic E-state index is 12.1. The lowest BCUT2D eigenvalue weighted by Crippen LogP contribution is -2.40. The Balaban J connectivity index is 1.86. The van der Waals surface area contributed by atoms with Gasteiger partial charge in [0.15, 0.2) is 0 Å². The first-order chi connectivity index (χ1) is 11.0. The largest absolute Gasteiger partial charge is 0.496 e. The Kier molecular flexibility index (Phi) is 6.28. The summed E-state index contributed by atoms with van der Waals surface area (Å²) in [6.45, 7) is 4.58. The summed E-state index contributed by atoms with van der Waals surface area (Å²) in [6, 6.07) is 5.62. The van der Waals surface area contributed by atoms with E-state index in [9.17, 15) is 9.90 Å². The van der Waals surface area contributed by atoms with Crippen LogP contribution >= 0.6 is 0 Å². The molecular formula is C18H28N2O3. The molecule has 0 bridgehead atoms. The van der Waals surface area contributed by atoms with E-state index in [4.69, 9.17) is 4.74 Å². The van der Waals surface area contributed by atoms with E-state index in [1.54, 1.807) is 7.11 Å². The van der Waals surface area contributed by atoms with Gasteiger partial charge in [0.2, 0.25) is 0 Å². The van der Waals surface area contributed by atoms with Crippen molar-refractivity contribution in [2.45, 2.75) is 51.7 Å². The first-order valence-electron chi connectivity index (χ1n) is 8.36. The standard InChI is InChI=1S/C18H28N2O3/c1-12-7-8-17(23-3)16(9-12)13(2)20-18(22)19-11-14-5-4-6-15(21)10-14/h7-9,13-15,21H,4-6,10-11H2,1-3H3,(H2,19,20,22). The van der Waals surface area contributed by atoms with E-state index in [1.807, 2.05) is 32.0 Å². The third kappa shape index (κ3) is 5.13. The Morgan fingerprint density at radius 2 is 2.22 bits per heavy atom. The number of urea groups is 1. The van der Waals surface area contributed by atoms with Crippen molar-refractivity contribution in [3.05, 3.63) is 29.3 Å². The molecule has 0 radical (unpaired) electrons. The van der Waals surface area contributed by atoms with E-state index < -0.39 is 0 Å². The minimum Gasteiger partial charge on any atom is -0.496 e. The molecule has 0 spiro atoms. The molecular weight excluding hydrogens is 292 g/mol. The first-order valence-corrected chi connectivity index (χ1v) is 8.36. The Labute approximate surface area is 138 Å². The maximum Gasteiger partial charge on any atom is 0.315 e. The monoisotopic (exact) mass is 320 g/mol. The number of aliphatic hydroxyl groups is 1. The SMILES string of the molecule is COc1ccc(C)cc1C(C)NC(=O)NCC1CCCC(O)C1. The number of rotatable bonds is 5. The highest BCUT2D eigenvalue weighted by molar-refractivity contribution is 5.74. The molecule has 3 atom stereocenters. The van der Waals surface area contributed by atoms with Gasteiger partial charge in [-0.2, -0.15) is 0 Å². The fraction of sp³-hybridized carbons (Fsp3) is 0.611. The highest BCUT2D eigenvalue weighted by Gasteiger charge is 2.21. The molecule has 1 fully saturated rings. The van der Waals surface area contributed by atoms with Crippen molar-refractivity contribution in [1.29, 1.82) is 0 Å². The fourth-order valence-corrected chi connectivity index (χ4v) is 3.20. The Morgan fingerprint density at radius 1 is 1.43 bits per heavy atom. The lowest BCUT2D eigenvalue weighted by Gasteiger charge is -2.26. The van der Waals surface area contributed by atoms with Crippen LogP contribution in [0.25, 0.3) is 0 Å². The van der Waals surface area contributed by atoms with Crippen LogP contribution in [0.15, 0.2) is 18.2 Å². The lowest BCUT2D eigenvalue weighted by molar-refractivity contribution is 0.101. The normalized spacial score (nSPS) is 22.3. The summed E-state index contributed by atoms with van der Waals surface area (Å²) in [5, 5.41) is 15.6. The van der Waals surface area contributed by atoms with Gasteiger partial charge in [-0.15, -0.1) is 0 Å². The van der Waals surface area contributed by atoms with E-state index in [-0.39, 0.29) is 18.2 Å². The zero-order chi connectivity index (χ0) is 16.8. The molecule has 0 aliphatic heterocycles. The number of carbonyl (C=O) groups is 1. The zero-order valence-corrected chi connectivity index (χ0v) is 14.3. The van der Waals surface area contributed by atoms with Gasteiger partial charge in [-0.3, -0.25) is 0 Å². The summed E-state index contributed by atoms with van der Waals surface area (Å²) in [6.07, 6.45) is 3.55. The van der Waals surface area contributed by atoms with Gasteiger partial charge in [-0.1, -0.05) is 24.1 Å². The average molecular weight is 320 g/mol. The number of hydrogen-bond acceptors (Lipinski definition) is 3. The zero-order valence-electron chi connectivity index (χ0n) is 14.3. The van der Waals surface area contributed by atoms with Crippen molar-refractivity contribution in [2.24, 2.45) is 5.92 Å². The lowest BCUT2D eigenvalue weighted by atomic mass is 9.87. The predicted octanol–water partition coefficient (Wildman–Crippen LogP) is 2.91. The van der Waals surface area contributed by atoms with Crippen LogP contribution in [0.3, 0.4) is 0 Å². The van der Waals surface area contributed by atoms with Gasteiger partial charge in [0.25, 0.3) is 0 Å². The molecule has 0 saturated heterocycles. The summed E-state index contributed by atoms with van der Waals surface area (Å²) in [5.41, 5.74) is 2.10. The molecule has 128 valence electrons. The van der Waals surface area contributed by atoms with Crippen molar-refractivity contribution < 1.29 is 14.6 Å². The van der Waals surface area contributed by atoms with E-state index in [2.05, 4.69) is 10.6 Å². The topological polar surface area (TPSA) is 70.6 Å². The molecule has 0 aromatic heterocycles. The summed E-state index contributed by atoms with van der Waals surface area (Å²) in [5.74, 6) is 1.15. The quantitative estimate of drug-likeness (QED) is 0.781. The van der Waals surface area contributed by atoms with E-state index in [0.717, 1.165) is 42.6 Å². The minimum absolute atomic E-state index is 0.137. The van der Waals surface area contributed by atoms with Crippen LogP contribution in [0.1, 0.15) is 49.8 Å². The second-order valence-electron chi connectivity index (χ2n) is 6.51. The Morgan fingerprint density at radius 3 is 2.91 bits per heavy atom. The molecule has 23 heavy (non-hydrogen) atoms. The molecule has 1 saturated carbocycles. The van der Waals surface area contributed by atoms with Gasteiger partial charge in [-0.25, -0.2) is 4.79 Å². The number of hydrogen-bond donors (Lipinski definition) is 3. The van der Waals surface area contributed by atoms with Crippen LogP contribution in [0.5, 0.6) is 5.75 Å². The molecule has 5 heteroatoms. The summed E-state index contributed by atoms with van der Waals surface area (Å²) < 4.78 is 5.37. The number of aryl methyl sites for hydroxylation is 1. The number of methoxy groups -OCH3 is 1. The fourth-order valence-electron chi connectivity index (χ4n) is 3.20. The minimum atomic E-state index is -0.214. The van der Waals surface area contributed by atoms with Gasteiger partial charge >= 0.3 is 6.03 Å². The predicted molar refractivity (Wildman–Crippen MR) is 90.6 cm³/mol. The van der Waals surface area contributed by atoms with E-state index in [0.29, 0.717) is 12.5 Å². The molecule has 1 aliphatic carbocycles. The van der Waals surface area contributed by atoms with Gasteiger partial charge in [0.05, 0.1) is 19.3 Å². The second-order valence-corrected chi connectivity index (χ2v) is 6.51. The van der Waals surface area contributed by atoms with Crippen LogP contribution < -0.4 is 15.4 Å². The number of carbonyl (C=O) groups excluding carboxylic acids is 1. The number of aliphatic hydroxyl groups excluding tert-OH is 1. The van der Waals surface area contributed by atoms with Crippen LogP contribution in [-0.2, 0) is 0 Å². The maximum atomic E-state index is 12.1. The third-order valence-electron chi connectivity index (χ3n) is 4.51. The van der Waals surface area contributed by atoms with Crippen LogP contribution in [0.2, 0.25) is 0 Å². The van der Waals surface area contributed by atoms with Gasteiger partial charge in [-0.05, 0) is 45.1 Å². The van der Waals surface area contributed by atoms with E-state index >= 15 is 0 Å². The van der Waals surface area contributed by atoms with E-state index in [1.165, 1.54) is 0 Å². The smallest absolute Gasteiger partial charge is 0.315 e. The highest BCUT2D eigenvalue weighted by Crippen LogP contribution is 2.26. The van der Waals surface area contributed by atoms with Crippen LogP contribution in [-0.4, -0.2) is 30.9 Å². The van der Waals surface area contributed by atoms with Gasteiger partial charge in [0, 0.05) is 12.1 Å². The average Bonchev–Trinajstić information content (AvgIpc) is 2.53. The molecule has 3 N–H and O–H groups in total. The Hall–Kier alpha value is -1.75. The number of benzene rings is 1. The van der Waals surface area contributed by atoms with Crippen LogP contribution in [0.4, 0.5) is 4.79 Å². The molecule has 1 aromatic rings. The van der Waals surface area contributed by atoms with Crippen molar-refractivity contribution in [3.8, 4) is 5.75 Å². The van der Waals surface area contributed by atoms with Crippen molar-refractivity contribution in [2.75, 3.05) is 13.7 Å². The van der Waals surface area contributed by atoms with Gasteiger partial charge < -0.3 is 20.5 Å². The third-order valence-corrected chi connectivity index (χ3v) is 4.51. The van der Waals surface area contributed by atoms with Crippen molar-refractivity contribution in [3.63, 3.8) is 0 Å². The Bertz CT molecular complexity index is 533. The van der Waals surface area contributed by atoms with Crippen LogP contribution in [0, 0.1) is 12.8 Å². The summed E-state index contributed by atoms with van der Waals surface area (Å²) in [4.78, 5) is 12.1. The summed E-state index contributed by atoms with van der Waals surface area (Å²) in [7, 11) is 1.63. The number of amides is 2.